The van der Waals surface area contributed by atoms with Crippen molar-refractivity contribution in [3.63, 3.8) is 0 Å². The monoisotopic (exact) mass is 241 g/mol. The molecular formula is C13H27N3O. The van der Waals surface area contributed by atoms with E-state index in [0.717, 1.165) is 26.1 Å². The molecule has 0 aromatic carbocycles. The van der Waals surface area contributed by atoms with E-state index in [0.29, 0.717) is 12.5 Å². The normalized spacial score (nSPS) is 18.2. The second-order valence-electron chi connectivity index (χ2n) is 5.04. The van der Waals surface area contributed by atoms with Crippen LogP contribution in [0.15, 0.2) is 0 Å². The molecule has 0 aromatic heterocycles. The average molecular weight is 241 g/mol. The second kappa shape index (κ2) is 8.48. The van der Waals surface area contributed by atoms with Crippen molar-refractivity contribution in [3.05, 3.63) is 0 Å². The van der Waals surface area contributed by atoms with Crippen molar-refractivity contribution < 1.29 is 4.79 Å². The van der Waals surface area contributed by atoms with Gasteiger partial charge >= 0.3 is 0 Å². The molecule has 1 fully saturated rings. The highest BCUT2D eigenvalue weighted by molar-refractivity contribution is 5.73. The number of primary amides is 1. The van der Waals surface area contributed by atoms with Crippen LogP contribution in [0.25, 0.3) is 0 Å². The number of nitrogens with two attached hydrogens (primary N) is 2. The molecule has 1 aliphatic carbocycles. The predicted molar refractivity (Wildman–Crippen MR) is 70.5 cm³/mol. The summed E-state index contributed by atoms with van der Waals surface area (Å²) in [5.74, 6) is -0.198. The topological polar surface area (TPSA) is 72.3 Å². The molecule has 0 aliphatic heterocycles. The Morgan fingerprint density at radius 2 is 1.76 bits per heavy atom. The van der Waals surface area contributed by atoms with E-state index in [9.17, 15) is 4.79 Å². The van der Waals surface area contributed by atoms with Crippen LogP contribution < -0.4 is 11.5 Å². The minimum atomic E-state index is -0.198. The zero-order chi connectivity index (χ0) is 12.5. The third-order valence-corrected chi connectivity index (χ3v) is 3.64. The summed E-state index contributed by atoms with van der Waals surface area (Å²) in [6, 6.07) is 0.642. The summed E-state index contributed by atoms with van der Waals surface area (Å²) in [5.41, 5.74) is 10.8. The number of amides is 1. The van der Waals surface area contributed by atoms with Crippen LogP contribution >= 0.6 is 0 Å². The fourth-order valence-electron chi connectivity index (χ4n) is 2.65. The van der Waals surface area contributed by atoms with Gasteiger partial charge in [0, 0.05) is 19.0 Å². The number of carbonyl (C=O) groups excluding carboxylic acids is 1. The van der Waals surface area contributed by atoms with Gasteiger partial charge in [-0.05, 0) is 32.4 Å². The molecule has 1 rings (SSSR count). The predicted octanol–water partition coefficient (Wildman–Crippen LogP) is 1.24. The lowest BCUT2D eigenvalue weighted by molar-refractivity contribution is -0.118. The van der Waals surface area contributed by atoms with Crippen molar-refractivity contribution in [2.45, 2.75) is 57.4 Å². The lowest BCUT2D eigenvalue weighted by Crippen LogP contribution is -2.38. The zero-order valence-corrected chi connectivity index (χ0v) is 10.9. The molecule has 0 bridgehead atoms. The SMILES string of the molecule is NCCCN(CCC(N)=O)C1CCCCCC1. The van der Waals surface area contributed by atoms with Gasteiger partial charge < -0.3 is 11.5 Å². The average Bonchev–Trinajstić information content (AvgIpc) is 2.57. The molecule has 0 atom stereocenters. The number of carbonyl (C=O) groups is 1. The van der Waals surface area contributed by atoms with Crippen molar-refractivity contribution in [3.8, 4) is 0 Å². The Balaban J connectivity index is 2.43. The van der Waals surface area contributed by atoms with Crippen LogP contribution in [0, 0.1) is 0 Å². The van der Waals surface area contributed by atoms with Crippen LogP contribution in [0.2, 0.25) is 0 Å². The molecule has 0 spiro atoms. The third kappa shape index (κ3) is 6.03. The molecule has 0 radical (unpaired) electrons. The first-order valence-corrected chi connectivity index (χ1v) is 6.96. The van der Waals surface area contributed by atoms with Crippen LogP contribution in [-0.4, -0.2) is 36.5 Å². The second-order valence-corrected chi connectivity index (χ2v) is 5.04. The first kappa shape index (κ1) is 14.5. The van der Waals surface area contributed by atoms with E-state index >= 15 is 0 Å². The van der Waals surface area contributed by atoms with Crippen molar-refractivity contribution in [2.24, 2.45) is 11.5 Å². The number of nitrogens with zero attached hydrogens (tertiary/aromatic N) is 1. The van der Waals surface area contributed by atoms with E-state index in [1.807, 2.05) is 0 Å². The Kier molecular flexibility index (Phi) is 7.21. The van der Waals surface area contributed by atoms with Crippen LogP contribution in [-0.2, 0) is 4.79 Å². The lowest BCUT2D eigenvalue weighted by Gasteiger charge is -2.30. The van der Waals surface area contributed by atoms with E-state index < -0.39 is 0 Å². The number of hydrogen-bond donors (Lipinski definition) is 2. The summed E-state index contributed by atoms with van der Waals surface area (Å²) < 4.78 is 0. The van der Waals surface area contributed by atoms with Crippen molar-refractivity contribution in [1.29, 1.82) is 0 Å². The van der Waals surface area contributed by atoms with E-state index in [2.05, 4.69) is 4.90 Å². The van der Waals surface area contributed by atoms with Crippen LogP contribution in [0.5, 0.6) is 0 Å². The quantitative estimate of drug-likeness (QED) is 0.659. The minimum Gasteiger partial charge on any atom is -0.370 e. The minimum absolute atomic E-state index is 0.198. The molecule has 1 amide bonds. The Bertz CT molecular complexity index is 213. The summed E-state index contributed by atoms with van der Waals surface area (Å²) in [7, 11) is 0. The van der Waals surface area contributed by atoms with Crippen LogP contribution in [0.1, 0.15) is 51.4 Å². The summed E-state index contributed by atoms with van der Waals surface area (Å²) in [6.45, 7) is 2.54. The Hall–Kier alpha value is -0.610. The van der Waals surface area contributed by atoms with Gasteiger partial charge in [-0.1, -0.05) is 25.7 Å². The van der Waals surface area contributed by atoms with Gasteiger partial charge in [0.15, 0.2) is 0 Å². The molecule has 0 aromatic rings. The molecule has 4 nitrogen and oxygen atoms in total. The van der Waals surface area contributed by atoms with Gasteiger partial charge in [-0.15, -0.1) is 0 Å². The van der Waals surface area contributed by atoms with E-state index in [-0.39, 0.29) is 5.91 Å². The van der Waals surface area contributed by atoms with Crippen molar-refractivity contribution in [1.82, 2.24) is 4.90 Å². The summed E-state index contributed by atoms with van der Waals surface area (Å²) in [4.78, 5) is 13.3. The van der Waals surface area contributed by atoms with Gasteiger partial charge in [-0.2, -0.15) is 0 Å². The maximum absolute atomic E-state index is 10.9. The Morgan fingerprint density at radius 1 is 1.12 bits per heavy atom. The molecule has 0 saturated heterocycles. The molecule has 100 valence electrons. The highest BCUT2D eigenvalue weighted by atomic mass is 16.1. The molecular weight excluding hydrogens is 214 g/mol. The summed E-state index contributed by atoms with van der Waals surface area (Å²) in [6.07, 6.45) is 9.37. The number of hydrogen-bond acceptors (Lipinski definition) is 3. The summed E-state index contributed by atoms with van der Waals surface area (Å²) in [5, 5.41) is 0. The fraction of sp³-hybridized carbons (Fsp3) is 0.923. The smallest absolute Gasteiger partial charge is 0.218 e. The first-order valence-electron chi connectivity index (χ1n) is 6.96. The van der Waals surface area contributed by atoms with Crippen LogP contribution in [0.3, 0.4) is 0 Å². The highest BCUT2D eigenvalue weighted by Crippen LogP contribution is 2.22. The maximum atomic E-state index is 10.9. The van der Waals surface area contributed by atoms with Gasteiger partial charge in [-0.25, -0.2) is 0 Å². The Morgan fingerprint density at radius 3 is 2.29 bits per heavy atom. The van der Waals surface area contributed by atoms with Crippen molar-refractivity contribution in [2.75, 3.05) is 19.6 Å². The standard InChI is InChI=1S/C13H27N3O/c14-9-5-10-16(11-8-13(15)17)12-6-3-1-2-4-7-12/h12H,1-11,14H2,(H2,15,17). The van der Waals surface area contributed by atoms with Crippen molar-refractivity contribution >= 4 is 5.91 Å². The maximum Gasteiger partial charge on any atom is 0.218 e. The number of rotatable bonds is 7. The zero-order valence-electron chi connectivity index (χ0n) is 10.9. The molecule has 4 N–H and O–H groups in total. The third-order valence-electron chi connectivity index (χ3n) is 3.64. The van der Waals surface area contributed by atoms with Crippen LogP contribution in [0.4, 0.5) is 0 Å². The lowest BCUT2D eigenvalue weighted by atomic mass is 10.1. The molecule has 4 heteroatoms. The fourth-order valence-corrected chi connectivity index (χ4v) is 2.65. The highest BCUT2D eigenvalue weighted by Gasteiger charge is 2.19. The summed E-state index contributed by atoms with van der Waals surface area (Å²) >= 11 is 0. The van der Waals surface area contributed by atoms with Gasteiger partial charge in [0.25, 0.3) is 0 Å². The van der Waals surface area contributed by atoms with Gasteiger partial charge in [0.2, 0.25) is 5.91 Å². The molecule has 1 saturated carbocycles. The van der Waals surface area contributed by atoms with Gasteiger partial charge in [0.05, 0.1) is 0 Å². The molecule has 17 heavy (non-hydrogen) atoms. The molecule has 1 aliphatic rings. The van der Waals surface area contributed by atoms with E-state index in [4.69, 9.17) is 11.5 Å². The Labute approximate surface area is 105 Å². The van der Waals surface area contributed by atoms with E-state index in [1.54, 1.807) is 0 Å². The molecule has 0 heterocycles. The molecule has 0 unspecified atom stereocenters. The first-order chi connectivity index (χ1) is 8.24. The van der Waals surface area contributed by atoms with Gasteiger partial charge in [-0.3, -0.25) is 9.69 Å². The van der Waals surface area contributed by atoms with Gasteiger partial charge in [0.1, 0.15) is 0 Å². The largest absolute Gasteiger partial charge is 0.370 e. The van der Waals surface area contributed by atoms with E-state index in [1.165, 1.54) is 38.5 Å².